The highest BCUT2D eigenvalue weighted by atomic mass is 32.2. The zero-order chi connectivity index (χ0) is 18.3. The predicted octanol–water partition coefficient (Wildman–Crippen LogP) is 2.14. The summed E-state index contributed by atoms with van der Waals surface area (Å²) in [7, 11) is -3.85. The highest BCUT2D eigenvalue weighted by Gasteiger charge is 2.30. The van der Waals surface area contributed by atoms with Crippen LogP contribution in [0.4, 0.5) is 14.6 Å². The largest absolute Gasteiger partial charge is 0.352 e. The summed E-state index contributed by atoms with van der Waals surface area (Å²) in [6.07, 6.45) is 2.32. The normalized spacial score (nSPS) is 18.9. The van der Waals surface area contributed by atoms with Crippen LogP contribution in [-0.2, 0) is 10.0 Å². The van der Waals surface area contributed by atoms with E-state index in [1.165, 1.54) is 4.31 Å². The molecule has 4 rings (SSSR count). The van der Waals surface area contributed by atoms with Crippen LogP contribution in [0.2, 0.25) is 0 Å². The van der Waals surface area contributed by atoms with E-state index in [4.69, 9.17) is 0 Å². The maximum atomic E-state index is 13.4. The minimum absolute atomic E-state index is 0.238. The van der Waals surface area contributed by atoms with Crippen LogP contribution in [-0.4, -0.2) is 49.1 Å². The smallest absolute Gasteiger partial charge is 0.243 e. The number of nitrogens with zero attached hydrogens (tertiary/aromatic N) is 4. The lowest BCUT2D eigenvalue weighted by Gasteiger charge is -2.34. The number of aromatic nitrogens is 2. The molecule has 2 heterocycles. The van der Waals surface area contributed by atoms with Gasteiger partial charge in [0.25, 0.3) is 0 Å². The molecule has 0 radical (unpaired) electrons. The van der Waals surface area contributed by atoms with Crippen molar-refractivity contribution in [3.8, 4) is 0 Å². The van der Waals surface area contributed by atoms with Gasteiger partial charge < -0.3 is 4.90 Å². The highest BCUT2D eigenvalue weighted by molar-refractivity contribution is 7.89. The average molecular weight is 380 g/mol. The highest BCUT2D eigenvalue weighted by Crippen LogP contribution is 2.38. The van der Waals surface area contributed by atoms with E-state index in [1.54, 1.807) is 0 Å². The molecule has 2 fully saturated rings. The number of hydrogen-bond acceptors (Lipinski definition) is 5. The van der Waals surface area contributed by atoms with Crippen molar-refractivity contribution in [2.45, 2.75) is 23.7 Å². The molecular formula is C17H18F2N4O2S. The third kappa shape index (κ3) is 3.28. The van der Waals surface area contributed by atoms with Crippen molar-refractivity contribution < 1.29 is 17.2 Å². The molecule has 26 heavy (non-hydrogen) atoms. The fourth-order valence-corrected chi connectivity index (χ4v) is 4.48. The van der Waals surface area contributed by atoms with Gasteiger partial charge in [-0.15, -0.1) is 5.10 Å². The first kappa shape index (κ1) is 17.3. The third-order valence-corrected chi connectivity index (χ3v) is 6.65. The number of rotatable bonds is 4. The first-order valence-electron chi connectivity index (χ1n) is 8.49. The summed E-state index contributed by atoms with van der Waals surface area (Å²) < 4.78 is 52.9. The Hall–Kier alpha value is -2.13. The lowest BCUT2D eigenvalue weighted by Crippen LogP contribution is -2.49. The molecule has 0 unspecified atom stereocenters. The Labute approximate surface area is 150 Å². The fraction of sp³-hybridized carbons (Fsp3) is 0.412. The molecule has 0 bridgehead atoms. The SMILES string of the molecule is O=S(=O)(c1ccc(F)c(F)c1)N1CCN(c2ccc(C3CC3)nn2)CC1. The standard InChI is InChI=1S/C17H18F2N4O2S/c18-14-4-3-13(11-15(14)19)26(24,25)23-9-7-22(8-10-23)17-6-5-16(20-21-17)12-1-2-12/h3-6,11-12H,1-2,7-10H2. The Bertz CT molecular complexity index is 909. The maximum absolute atomic E-state index is 13.4. The summed E-state index contributed by atoms with van der Waals surface area (Å²) in [5.74, 6) is -0.980. The predicted molar refractivity (Wildman–Crippen MR) is 91.3 cm³/mol. The van der Waals surface area contributed by atoms with Crippen LogP contribution in [0.5, 0.6) is 0 Å². The number of hydrogen-bond donors (Lipinski definition) is 0. The van der Waals surface area contributed by atoms with Gasteiger partial charge in [-0.25, -0.2) is 17.2 Å². The van der Waals surface area contributed by atoms with E-state index in [1.807, 2.05) is 17.0 Å². The van der Waals surface area contributed by atoms with Crippen molar-refractivity contribution in [1.29, 1.82) is 0 Å². The van der Waals surface area contributed by atoms with E-state index < -0.39 is 21.7 Å². The van der Waals surface area contributed by atoms with Crippen LogP contribution in [0.25, 0.3) is 0 Å². The van der Waals surface area contributed by atoms with Gasteiger partial charge in [0.15, 0.2) is 17.5 Å². The second-order valence-electron chi connectivity index (χ2n) is 6.56. The molecule has 0 spiro atoms. The first-order chi connectivity index (χ1) is 12.4. The van der Waals surface area contributed by atoms with Crippen molar-refractivity contribution in [2.24, 2.45) is 0 Å². The number of anilines is 1. The Morgan fingerprint density at radius 3 is 2.23 bits per heavy atom. The molecule has 2 aromatic rings. The molecule has 0 amide bonds. The number of halogens is 2. The lowest BCUT2D eigenvalue weighted by molar-refractivity contribution is 0.383. The summed E-state index contributed by atoms with van der Waals surface area (Å²) >= 11 is 0. The van der Waals surface area contributed by atoms with Gasteiger partial charge in [0.05, 0.1) is 10.6 Å². The van der Waals surface area contributed by atoms with E-state index in [0.29, 0.717) is 19.0 Å². The van der Waals surface area contributed by atoms with Gasteiger partial charge in [0.1, 0.15) is 0 Å². The maximum Gasteiger partial charge on any atom is 0.243 e. The Balaban J connectivity index is 1.44. The Kier molecular flexibility index (Phi) is 4.36. The van der Waals surface area contributed by atoms with E-state index in [-0.39, 0.29) is 18.0 Å². The molecule has 1 saturated heterocycles. The minimum atomic E-state index is -3.85. The van der Waals surface area contributed by atoms with Gasteiger partial charge in [0.2, 0.25) is 10.0 Å². The van der Waals surface area contributed by atoms with Gasteiger partial charge in [-0.05, 0) is 43.2 Å². The van der Waals surface area contributed by atoms with Crippen LogP contribution in [0, 0.1) is 11.6 Å². The average Bonchev–Trinajstić information content (AvgIpc) is 3.49. The van der Waals surface area contributed by atoms with Crippen molar-refractivity contribution in [1.82, 2.24) is 14.5 Å². The molecule has 0 atom stereocenters. The molecule has 1 aliphatic carbocycles. The molecule has 9 heteroatoms. The van der Waals surface area contributed by atoms with Crippen molar-refractivity contribution >= 4 is 15.8 Å². The molecule has 0 N–H and O–H groups in total. The second-order valence-corrected chi connectivity index (χ2v) is 8.50. The summed E-state index contributed by atoms with van der Waals surface area (Å²) in [4.78, 5) is 1.74. The number of piperazine rings is 1. The van der Waals surface area contributed by atoms with Crippen LogP contribution in [0.3, 0.4) is 0 Å². The first-order valence-corrected chi connectivity index (χ1v) is 9.93. The van der Waals surface area contributed by atoms with Crippen molar-refractivity contribution in [2.75, 3.05) is 31.1 Å². The lowest BCUT2D eigenvalue weighted by atomic mass is 10.2. The van der Waals surface area contributed by atoms with Crippen molar-refractivity contribution in [3.63, 3.8) is 0 Å². The Morgan fingerprint density at radius 2 is 1.65 bits per heavy atom. The monoisotopic (exact) mass is 380 g/mol. The summed E-state index contributed by atoms with van der Waals surface area (Å²) in [5.41, 5.74) is 1.01. The fourth-order valence-electron chi connectivity index (χ4n) is 3.04. The molecular weight excluding hydrogens is 362 g/mol. The molecule has 1 saturated carbocycles. The molecule has 2 aliphatic rings. The van der Waals surface area contributed by atoms with Gasteiger partial charge in [-0.3, -0.25) is 0 Å². The molecule has 6 nitrogen and oxygen atoms in total. The topological polar surface area (TPSA) is 66.4 Å². The van der Waals surface area contributed by atoms with Gasteiger partial charge in [-0.1, -0.05) is 0 Å². The minimum Gasteiger partial charge on any atom is -0.352 e. The molecule has 1 aromatic carbocycles. The van der Waals surface area contributed by atoms with E-state index in [0.717, 1.165) is 42.6 Å². The summed E-state index contributed by atoms with van der Waals surface area (Å²) in [6.45, 7) is 1.40. The van der Waals surface area contributed by atoms with Gasteiger partial charge >= 0.3 is 0 Å². The van der Waals surface area contributed by atoms with E-state index >= 15 is 0 Å². The van der Waals surface area contributed by atoms with Crippen LogP contribution < -0.4 is 4.90 Å². The van der Waals surface area contributed by atoms with E-state index in [9.17, 15) is 17.2 Å². The zero-order valence-electron chi connectivity index (χ0n) is 14.0. The van der Waals surface area contributed by atoms with Crippen LogP contribution in [0.15, 0.2) is 35.2 Å². The molecule has 1 aromatic heterocycles. The van der Waals surface area contributed by atoms with Gasteiger partial charge in [-0.2, -0.15) is 9.40 Å². The third-order valence-electron chi connectivity index (χ3n) is 4.76. The van der Waals surface area contributed by atoms with E-state index in [2.05, 4.69) is 10.2 Å². The van der Waals surface area contributed by atoms with Gasteiger partial charge in [0, 0.05) is 32.1 Å². The molecule has 138 valence electrons. The number of sulfonamides is 1. The number of benzene rings is 1. The van der Waals surface area contributed by atoms with Crippen LogP contribution >= 0.6 is 0 Å². The second kappa shape index (κ2) is 6.55. The van der Waals surface area contributed by atoms with Crippen molar-refractivity contribution in [3.05, 3.63) is 47.7 Å². The molecule has 1 aliphatic heterocycles. The Morgan fingerprint density at radius 1 is 0.923 bits per heavy atom. The van der Waals surface area contributed by atoms with Crippen LogP contribution in [0.1, 0.15) is 24.5 Å². The summed E-state index contributed by atoms with van der Waals surface area (Å²) in [5, 5.41) is 8.50. The summed E-state index contributed by atoms with van der Waals surface area (Å²) in [6, 6.07) is 6.53. The quantitative estimate of drug-likeness (QED) is 0.813. The zero-order valence-corrected chi connectivity index (χ0v) is 14.8.